The highest BCUT2D eigenvalue weighted by molar-refractivity contribution is 7.89. The smallest absolute Gasteiger partial charge is 0.351 e. The number of nitrogens with zero attached hydrogens (tertiary/aromatic N) is 5. The van der Waals surface area contributed by atoms with E-state index in [9.17, 15) is 43.9 Å². The van der Waals surface area contributed by atoms with Crippen LogP contribution in [0.15, 0.2) is 54.1 Å². The number of carbonyl (C=O) groups is 1. The Hall–Kier alpha value is -3.73. The molecule has 1 saturated heterocycles. The van der Waals surface area contributed by atoms with Crippen molar-refractivity contribution in [2.75, 3.05) is 0 Å². The fourth-order valence-corrected chi connectivity index (χ4v) is 5.93. The first-order valence-corrected chi connectivity index (χ1v) is 12.9. The summed E-state index contributed by atoms with van der Waals surface area (Å²) in [5.41, 5.74) is -2.14. The number of carbonyl (C=O) groups excluding carboxylic acids is 1. The van der Waals surface area contributed by atoms with Gasteiger partial charge >= 0.3 is 12.4 Å². The lowest BCUT2D eigenvalue weighted by Gasteiger charge is -2.26. The number of amides is 1. The second kappa shape index (κ2) is 10.7. The van der Waals surface area contributed by atoms with Crippen molar-refractivity contribution in [3.8, 4) is 11.3 Å². The van der Waals surface area contributed by atoms with Crippen LogP contribution in [0, 0.1) is 0 Å². The Balaban J connectivity index is 1.61. The zero-order valence-electron chi connectivity index (χ0n) is 20.3. The van der Waals surface area contributed by atoms with Crippen LogP contribution in [0.25, 0.3) is 11.3 Å². The Kier molecular flexibility index (Phi) is 7.81. The monoisotopic (exact) mass is 592 g/mol. The Morgan fingerprint density at radius 2 is 1.73 bits per heavy atom. The van der Waals surface area contributed by atoms with E-state index < -0.39 is 76.5 Å². The van der Waals surface area contributed by atoms with Crippen LogP contribution in [0.2, 0.25) is 0 Å². The predicted molar refractivity (Wildman–Crippen MR) is 123 cm³/mol. The lowest BCUT2D eigenvalue weighted by molar-refractivity contribution is -0.145. The van der Waals surface area contributed by atoms with E-state index in [4.69, 9.17) is 0 Å². The SMILES string of the molecule is C[C@H]1[C@H](F)C[C@@H](C(=O)NCc2cc(-c3cnc(C(F)(F)F)nc3)ncc2C(F)(F)F)N1S(=O)(=O)c1cccnc1. The van der Waals surface area contributed by atoms with Gasteiger partial charge in [-0.3, -0.25) is 14.8 Å². The Labute approximate surface area is 222 Å². The van der Waals surface area contributed by atoms with Crippen molar-refractivity contribution in [3.05, 3.63) is 66.1 Å². The Morgan fingerprint density at radius 1 is 1.05 bits per heavy atom. The van der Waals surface area contributed by atoms with Crippen molar-refractivity contribution in [2.45, 2.75) is 55.4 Å². The number of hydrogen-bond acceptors (Lipinski definition) is 7. The standard InChI is InChI=1S/C23H19F7N6O3S/c1-12-17(24)6-19(36(12)40(38,39)15-3-2-4-31-10-15)20(37)33-7-13-5-18(32-11-16(13)22(25,26)27)14-8-34-21(35-9-14)23(28,29)30/h2-5,8-12,17,19H,6-7H2,1H3,(H,33,37)/t12-,17+,19-/m0/s1. The van der Waals surface area contributed by atoms with Crippen LogP contribution in [-0.2, 0) is 33.7 Å². The molecule has 3 atom stereocenters. The summed E-state index contributed by atoms with van der Waals surface area (Å²) in [6.07, 6.45) is -7.81. The summed E-state index contributed by atoms with van der Waals surface area (Å²) >= 11 is 0. The van der Waals surface area contributed by atoms with Crippen LogP contribution in [-0.4, -0.2) is 56.8 Å². The Morgan fingerprint density at radius 3 is 2.30 bits per heavy atom. The molecule has 9 nitrogen and oxygen atoms in total. The maximum Gasteiger partial charge on any atom is 0.451 e. The number of hydrogen-bond donors (Lipinski definition) is 1. The molecule has 0 bridgehead atoms. The van der Waals surface area contributed by atoms with E-state index in [1.165, 1.54) is 25.3 Å². The molecule has 0 unspecified atom stereocenters. The number of pyridine rings is 2. The molecule has 1 aliphatic heterocycles. The van der Waals surface area contributed by atoms with Crippen LogP contribution in [0.1, 0.15) is 30.3 Å². The average Bonchev–Trinajstić information content (AvgIpc) is 3.21. The van der Waals surface area contributed by atoms with E-state index in [2.05, 4.69) is 25.3 Å². The molecule has 3 aromatic heterocycles. The number of rotatable bonds is 6. The summed E-state index contributed by atoms with van der Waals surface area (Å²) in [4.78, 5) is 26.4. The van der Waals surface area contributed by atoms with Gasteiger partial charge in [0, 0.05) is 49.5 Å². The Bertz CT molecular complexity index is 1490. The molecule has 40 heavy (non-hydrogen) atoms. The van der Waals surface area contributed by atoms with E-state index in [1.54, 1.807) is 0 Å². The first-order chi connectivity index (χ1) is 18.6. The average molecular weight is 592 g/mol. The molecule has 0 aliphatic carbocycles. The summed E-state index contributed by atoms with van der Waals surface area (Å²) in [5, 5.41) is 2.22. The summed E-state index contributed by atoms with van der Waals surface area (Å²) in [5.74, 6) is -2.51. The van der Waals surface area contributed by atoms with E-state index in [-0.39, 0.29) is 16.2 Å². The molecule has 4 heterocycles. The summed E-state index contributed by atoms with van der Waals surface area (Å²) < 4.78 is 121. The molecule has 0 aromatic carbocycles. The van der Waals surface area contributed by atoms with Crippen molar-refractivity contribution in [1.29, 1.82) is 0 Å². The van der Waals surface area contributed by atoms with Gasteiger partial charge in [-0.1, -0.05) is 0 Å². The fourth-order valence-electron chi connectivity index (χ4n) is 4.15. The van der Waals surface area contributed by atoms with Crippen molar-refractivity contribution in [2.24, 2.45) is 0 Å². The molecule has 1 aliphatic rings. The van der Waals surface area contributed by atoms with Crippen molar-refractivity contribution in [1.82, 2.24) is 29.6 Å². The highest BCUT2D eigenvalue weighted by atomic mass is 32.2. The molecule has 1 amide bonds. The molecule has 0 spiro atoms. The number of halogens is 7. The summed E-state index contributed by atoms with van der Waals surface area (Å²) in [6.45, 7) is 0.474. The fraction of sp³-hybridized carbons (Fsp3) is 0.348. The zero-order valence-corrected chi connectivity index (χ0v) is 21.1. The highest BCUT2D eigenvalue weighted by Gasteiger charge is 2.49. The van der Waals surface area contributed by atoms with Gasteiger partial charge in [-0.05, 0) is 30.7 Å². The van der Waals surface area contributed by atoms with Crippen LogP contribution in [0.5, 0.6) is 0 Å². The number of nitrogens with one attached hydrogen (secondary N) is 1. The first kappa shape index (κ1) is 29.3. The molecule has 0 radical (unpaired) electrons. The van der Waals surface area contributed by atoms with Crippen LogP contribution in [0.4, 0.5) is 30.7 Å². The molecule has 214 valence electrons. The quantitative estimate of drug-likeness (QED) is 0.433. The van der Waals surface area contributed by atoms with Gasteiger partial charge in [-0.15, -0.1) is 0 Å². The molecule has 1 fully saturated rings. The lowest BCUT2D eigenvalue weighted by atomic mass is 10.1. The normalized spacial score (nSPS) is 20.4. The summed E-state index contributed by atoms with van der Waals surface area (Å²) in [6, 6.07) is 0.591. The molecular formula is C23H19F7N6O3S. The molecule has 0 saturated carbocycles. The van der Waals surface area contributed by atoms with Crippen molar-refractivity contribution < 1.29 is 43.9 Å². The minimum atomic E-state index is -4.93. The number of sulfonamides is 1. The highest BCUT2D eigenvalue weighted by Crippen LogP contribution is 2.35. The van der Waals surface area contributed by atoms with E-state index in [0.29, 0.717) is 10.5 Å². The number of aromatic nitrogens is 4. The van der Waals surface area contributed by atoms with Gasteiger partial charge in [-0.2, -0.15) is 30.6 Å². The maximum atomic E-state index is 14.6. The van der Waals surface area contributed by atoms with Crippen molar-refractivity contribution in [3.63, 3.8) is 0 Å². The van der Waals surface area contributed by atoms with E-state index in [1.807, 2.05) is 0 Å². The topological polar surface area (TPSA) is 118 Å². The van der Waals surface area contributed by atoms with Gasteiger partial charge in [0.1, 0.15) is 17.1 Å². The van der Waals surface area contributed by atoms with E-state index in [0.717, 1.165) is 24.7 Å². The zero-order chi connectivity index (χ0) is 29.5. The van der Waals surface area contributed by atoms with Gasteiger partial charge in [-0.25, -0.2) is 22.8 Å². The van der Waals surface area contributed by atoms with Crippen LogP contribution >= 0.6 is 0 Å². The van der Waals surface area contributed by atoms with E-state index >= 15 is 0 Å². The molecule has 17 heteroatoms. The third-order valence-corrected chi connectivity index (χ3v) is 8.12. The second-order valence-corrected chi connectivity index (χ2v) is 10.6. The molecular weight excluding hydrogens is 573 g/mol. The van der Waals surface area contributed by atoms with Gasteiger partial charge < -0.3 is 5.32 Å². The van der Waals surface area contributed by atoms with Crippen molar-refractivity contribution >= 4 is 15.9 Å². The lowest BCUT2D eigenvalue weighted by Crippen LogP contribution is -2.48. The van der Waals surface area contributed by atoms with Gasteiger partial charge in [0.05, 0.1) is 17.3 Å². The van der Waals surface area contributed by atoms with Gasteiger partial charge in [0.2, 0.25) is 21.8 Å². The third kappa shape index (κ3) is 5.89. The van der Waals surface area contributed by atoms with Crippen LogP contribution in [0.3, 0.4) is 0 Å². The van der Waals surface area contributed by atoms with Gasteiger partial charge in [0.15, 0.2) is 0 Å². The van der Waals surface area contributed by atoms with Gasteiger partial charge in [0.25, 0.3) is 0 Å². The maximum absolute atomic E-state index is 14.6. The second-order valence-electron chi connectivity index (χ2n) is 8.77. The molecule has 1 N–H and O–H groups in total. The first-order valence-electron chi connectivity index (χ1n) is 11.4. The van der Waals surface area contributed by atoms with Crippen LogP contribution < -0.4 is 5.32 Å². The predicted octanol–water partition coefficient (Wildman–Crippen LogP) is 3.78. The molecule has 3 aromatic rings. The summed E-state index contributed by atoms with van der Waals surface area (Å²) in [7, 11) is -4.40. The minimum absolute atomic E-state index is 0.132. The number of alkyl halides is 7. The largest absolute Gasteiger partial charge is 0.451 e. The molecule has 4 rings (SSSR count). The third-order valence-electron chi connectivity index (χ3n) is 6.14. The minimum Gasteiger partial charge on any atom is -0.351 e.